The van der Waals surface area contributed by atoms with Gasteiger partial charge in [0, 0.05) is 37.6 Å². The van der Waals surface area contributed by atoms with E-state index in [-0.39, 0.29) is 28.1 Å². The van der Waals surface area contributed by atoms with Crippen LogP contribution in [0.2, 0.25) is 36.3 Å². The van der Waals surface area contributed by atoms with Crippen LogP contribution in [0, 0.1) is 0 Å². The second-order valence-electron chi connectivity index (χ2n) is 18.1. The van der Waals surface area contributed by atoms with Gasteiger partial charge in [0.1, 0.15) is 11.4 Å². The van der Waals surface area contributed by atoms with E-state index in [1.54, 1.807) is 19.2 Å². The van der Waals surface area contributed by atoms with Crippen LogP contribution in [0.15, 0.2) is 71.6 Å². The molecule has 0 bridgehead atoms. The van der Waals surface area contributed by atoms with Gasteiger partial charge in [0.15, 0.2) is 16.6 Å². The zero-order valence-corrected chi connectivity index (χ0v) is 39.0. The van der Waals surface area contributed by atoms with Gasteiger partial charge < -0.3 is 18.3 Å². The van der Waals surface area contributed by atoms with Gasteiger partial charge in [-0.05, 0) is 104 Å². The first kappa shape index (κ1) is 46.9. The number of methoxy groups -OCH3 is 1. The number of ether oxygens (including phenoxy) is 2. The number of amides is 1. The van der Waals surface area contributed by atoms with Crippen LogP contribution in [-0.4, -0.2) is 74.5 Å². The van der Waals surface area contributed by atoms with E-state index < -0.39 is 38.4 Å². The Kier molecular flexibility index (Phi) is 15.7. The Hall–Kier alpha value is -3.53. The molecule has 0 aliphatic carbocycles. The quantitative estimate of drug-likeness (QED) is 0.113. The van der Waals surface area contributed by atoms with Gasteiger partial charge in [0.2, 0.25) is 10.0 Å². The minimum atomic E-state index is -3.81. The van der Waals surface area contributed by atoms with Gasteiger partial charge in [-0.3, -0.25) is 5.32 Å². The molecule has 3 rings (SSSR count). The van der Waals surface area contributed by atoms with Crippen LogP contribution in [0.5, 0.6) is 5.75 Å². The van der Waals surface area contributed by atoms with Crippen molar-refractivity contribution in [1.82, 2.24) is 4.31 Å². The van der Waals surface area contributed by atoms with Crippen molar-refractivity contribution in [1.29, 1.82) is 0 Å². The van der Waals surface area contributed by atoms with Crippen molar-refractivity contribution in [2.75, 3.05) is 38.7 Å². The van der Waals surface area contributed by atoms with Crippen LogP contribution >= 0.6 is 0 Å². The standard InChI is InChI=1S/C44H66N2O7SSi2/c1-42(2,3)53-41(47)45-38-25-19-35(20-26-38)17-23-37-24-18-36(33-40(37)50-10)16-15-34-21-27-39(28-22-34)54(48,49)46(29-31-51-55(11,12)43(4,5)6)30-32-52-56(13,14)44(7,8)9/h15-28,33H,29-32H2,1-14H3,(H,45,47). The number of carbonyl (C=O) groups is 1. The number of benzene rings is 3. The number of hydrogen-bond donors (Lipinski definition) is 1. The van der Waals surface area contributed by atoms with Crippen LogP contribution in [0.1, 0.15) is 84.6 Å². The fourth-order valence-electron chi connectivity index (χ4n) is 4.94. The highest BCUT2D eigenvalue weighted by molar-refractivity contribution is 7.89. The van der Waals surface area contributed by atoms with Crippen LogP contribution < -0.4 is 10.1 Å². The maximum atomic E-state index is 14.0. The molecule has 9 nitrogen and oxygen atoms in total. The van der Waals surface area contributed by atoms with Crippen molar-refractivity contribution in [2.24, 2.45) is 0 Å². The van der Waals surface area contributed by atoms with Gasteiger partial charge in [-0.1, -0.05) is 102 Å². The highest BCUT2D eigenvalue weighted by atomic mass is 32.2. The van der Waals surface area contributed by atoms with E-state index in [0.29, 0.717) is 24.7 Å². The van der Waals surface area contributed by atoms with Crippen molar-refractivity contribution < 1.29 is 31.5 Å². The molecule has 0 heterocycles. The Labute approximate surface area is 339 Å². The number of hydrogen-bond acceptors (Lipinski definition) is 7. The summed E-state index contributed by atoms with van der Waals surface area (Å²) in [6, 6.07) is 20.4. The van der Waals surface area contributed by atoms with E-state index >= 15 is 0 Å². The second-order valence-corrected chi connectivity index (χ2v) is 29.7. The topological polar surface area (TPSA) is 103 Å². The van der Waals surface area contributed by atoms with Crippen molar-refractivity contribution >= 4 is 62.7 Å². The predicted octanol–water partition coefficient (Wildman–Crippen LogP) is 11.4. The van der Waals surface area contributed by atoms with Crippen LogP contribution in [0.3, 0.4) is 0 Å². The lowest BCUT2D eigenvalue weighted by molar-refractivity contribution is 0.0636. The average Bonchev–Trinajstić information content (AvgIpc) is 3.08. The molecular formula is C44H66N2O7SSi2. The summed E-state index contributed by atoms with van der Waals surface area (Å²) < 4.78 is 53.4. The Morgan fingerprint density at radius 3 is 1.59 bits per heavy atom. The summed E-state index contributed by atoms with van der Waals surface area (Å²) in [6.07, 6.45) is 7.38. The Morgan fingerprint density at radius 2 is 1.12 bits per heavy atom. The number of anilines is 1. The highest BCUT2D eigenvalue weighted by Gasteiger charge is 2.39. The van der Waals surface area contributed by atoms with Crippen LogP contribution in [0.4, 0.5) is 10.5 Å². The van der Waals surface area contributed by atoms with E-state index in [1.807, 2.05) is 99.7 Å². The molecule has 0 aromatic heterocycles. The molecule has 3 aromatic carbocycles. The third-order valence-corrected chi connectivity index (χ3v) is 21.5. The smallest absolute Gasteiger partial charge is 0.412 e. The van der Waals surface area contributed by atoms with Crippen LogP contribution in [0.25, 0.3) is 24.3 Å². The van der Waals surface area contributed by atoms with Crippen molar-refractivity contribution in [3.8, 4) is 5.75 Å². The normalized spacial score (nSPS) is 13.5. The lowest BCUT2D eigenvalue weighted by Gasteiger charge is -2.37. The molecule has 12 heteroatoms. The van der Waals surface area contributed by atoms with Crippen molar-refractivity contribution in [3.63, 3.8) is 0 Å². The fourth-order valence-corrected chi connectivity index (χ4v) is 8.41. The molecule has 0 aliphatic heterocycles. The minimum absolute atomic E-state index is 0.0229. The van der Waals surface area contributed by atoms with Gasteiger partial charge in [-0.25, -0.2) is 13.2 Å². The first-order chi connectivity index (χ1) is 25.7. The number of nitrogens with zero attached hydrogens (tertiary/aromatic N) is 1. The lowest BCUT2D eigenvalue weighted by Crippen LogP contribution is -2.45. The van der Waals surface area contributed by atoms with E-state index in [4.69, 9.17) is 18.3 Å². The Bertz CT molecular complexity index is 1890. The number of carbonyl (C=O) groups excluding carboxylic acids is 1. The maximum absolute atomic E-state index is 14.0. The minimum Gasteiger partial charge on any atom is -0.496 e. The summed E-state index contributed by atoms with van der Waals surface area (Å²) >= 11 is 0. The average molecular weight is 823 g/mol. The number of rotatable bonds is 16. The van der Waals surface area contributed by atoms with Gasteiger partial charge in [0.25, 0.3) is 0 Å². The fraction of sp³-hybridized carbons (Fsp3) is 0.477. The summed E-state index contributed by atoms with van der Waals surface area (Å²) in [5.74, 6) is 0.711. The first-order valence-electron chi connectivity index (χ1n) is 19.3. The molecule has 0 unspecified atom stereocenters. The largest absolute Gasteiger partial charge is 0.496 e. The molecule has 1 amide bonds. The molecule has 0 spiro atoms. The summed E-state index contributed by atoms with van der Waals surface area (Å²) in [5.41, 5.74) is 3.74. The van der Waals surface area contributed by atoms with Gasteiger partial charge >= 0.3 is 6.09 Å². The van der Waals surface area contributed by atoms with E-state index in [0.717, 1.165) is 22.3 Å². The molecule has 0 fully saturated rings. The van der Waals surface area contributed by atoms with Gasteiger partial charge in [0.05, 0.1) is 12.0 Å². The molecule has 1 N–H and O–H groups in total. The second kappa shape index (κ2) is 18.8. The Morgan fingerprint density at radius 1 is 0.679 bits per heavy atom. The Balaban J connectivity index is 1.72. The lowest BCUT2D eigenvalue weighted by atomic mass is 10.1. The molecule has 0 aliphatic rings. The highest BCUT2D eigenvalue weighted by Crippen LogP contribution is 2.37. The van der Waals surface area contributed by atoms with Crippen LogP contribution in [-0.2, 0) is 23.6 Å². The summed E-state index contributed by atoms with van der Waals surface area (Å²) in [4.78, 5) is 12.3. The monoisotopic (exact) mass is 822 g/mol. The number of sulfonamides is 1. The molecule has 3 aromatic rings. The van der Waals surface area contributed by atoms with E-state index in [9.17, 15) is 13.2 Å². The predicted molar refractivity (Wildman–Crippen MR) is 239 cm³/mol. The third-order valence-electron chi connectivity index (χ3n) is 10.5. The molecule has 56 heavy (non-hydrogen) atoms. The zero-order valence-electron chi connectivity index (χ0n) is 36.2. The molecule has 0 saturated carbocycles. The molecule has 308 valence electrons. The van der Waals surface area contributed by atoms with Gasteiger partial charge in [-0.2, -0.15) is 4.31 Å². The maximum Gasteiger partial charge on any atom is 0.412 e. The summed E-state index contributed by atoms with van der Waals surface area (Å²) in [5, 5.41) is 2.79. The third kappa shape index (κ3) is 13.8. The number of nitrogens with one attached hydrogen (secondary N) is 1. The molecule has 0 atom stereocenters. The van der Waals surface area contributed by atoms with E-state index in [1.165, 1.54) is 4.31 Å². The molecular weight excluding hydrogens is 757 g/mol. The van der Waals surface area contributed by atoms with E-state index in [2.05, 4.69) is 73.0 Å². The summed E-state index contributed by atoms with van der Waals surface area (Å²) in [6.45, 7) is 28.4. The molecule has 0 radical (unpaired) electrons. The first-order valence-corrected chi connectivity index (χ1v) is 26.5. The van der Waals surface area contributed by atoms with Crippen molar-refractivity contribution in [3.05, 3.63) is 89.0 Å². The van der Waals surface area contributed by atoms with Gasteiger partial charge in [-0.15, -0.1) is 0 Å². The van der Waals surface area contributed by atoms with Crippen molar-refractivity contribution in [2.45, 2.75) is 109 Å². The summed E-state index contributed by atoms with van der Waals surface area (Å²) in [7, 11) is -6.29. The molecule has 0 saturated heterocycles. The zero-order chi connectivity index (χ0) is 42.2. The SMILES string of the molecule is COc1cc(C=Cc2ccc(S(=O)(=O)N(CCO[Si](C)(C)C(C)(C)C)CCO[Si](C)(C)C(C)(C)C)cc2)ccc1C=Cc1ccc(NC(=O)OC(C)(C)C)cc1.